The van der Waals surface area contributed by atoms with Gasteiger partial charge in [0.25, 0.3) is 5.56 Å². The van der Waals surface area contributed by atoms with E-state index in [1.165, 1.54) is 27.7 Å². The first-order valence-corrected chi connectivity index (χ1v) is 10.6. The third-order valence-electron chi connectivity index (χ3n) is 4.62. The monoisotopic (exact) mass is 414 g/mol. The molecule has 9 heteroatoms. The third kappa shape index (κ3) is 3.31. The predicted molar refractivity (Wildman–Crippen MR) is 112 cm³/mol. The Morgan fingerprint density at radius 2 is 2.11 bits per heavy atom. The van der Waals surface area contributed by atoms with Crippen molar-refractivity contribution in [3.8, 4) is 0 Å². The van der Waals surface area contributed by atoms with E-state index in [0.29, 0.717) is 26.7 Å². The molecule has 1 atom stereocenters. The largest absolute Gasteiger partial charge is 0.324 e. The summed E-state index contributed by atoms with van der Waals surface area (Å²) in [4.78, 5) is 44.4. The van der Waals surface area contributed by atoms with Crippen molar-refractivity contribution < 1.29 is 9.59 Å². The quantitative estimate of drug-likeness (QED) is 0.526. The molecule has 0 spiro atoms. The summed E-state index contributed by atoms with van der Waals surface area (Å²) >= 11 is 2.63. The molecule has 1 aliphatic rings. The third-order valence-corrected chi connectivity index (χ3v) is 6.44. The van der Waals surface area contributed by atoms with Crippen molar-refractivity contribution in [3.05, 3.63) is 46.1 Å². The fourth-order valence-electron chi connectivity index (χ4n) is 3.27. The van der Waals surface area contributed by atoms with Gasteiger partial charge in [-0.05, 0) is 30.5 Å². The Labute approximate surface area is 169 Å². The van der Waals surface area contributed by atoms with Crippen LogP contribution >= 0.6 is 23.1 Å². The zero-order chi connectivity index (χ0) is 19.8. The minimum absolute atomic E-state index is 0.115. The Morgan fingerprint density at radius 3 is 2.93 bits per heavy atom. The van der Waals surface area contributed by atoms with Gasteiger partial charge in [0.05, 0.1) is 22.5 Å². The van der Waals surface area contributed by atoms with Crippen LogP contribution in [0.25, 0.3) is 10.2 Å². The van der Waals surface area contributed by atoms with Gasteiger partial charge in [-0.2, -0.15) is 0 Å². The number of para-hydroxylation sites is 2. The van der Waals surface area contributed by atoms with Gasteiger partial charge in [-0.1, -0.05) is 23.9 Å². The average Bonchev–Trinajstić information content (AvgIpc) is 3.08. The highest BCUT2D eigenvalue weighted by atomic mass is 32.2. The number of carbonyl (C=O) groups excluding carboxylic acids is 2. The topological polar surface area (TPSA) is 84.3 Å². The van der Waals surface area contributed by atoms with Crippen molar-refractivity contribution in [3.63, 3.8) is 0 Å². The number of carbonyl (C=O) groups is 2. The molecule has 0 radical (unpaired) electrons. The van der Waals surface area contributed by atoms with Crippen LogP contribution in [0.5, 0.6) is 0 Å². The van der Waals surface area contributed by atoms with E-state index in [0.717, 1.165) is 0 Å². The van der Waals surface area contributed by atoms with E-state index in [9.17, 15) is 14.4 Å². The summed E-state index contributed by atoms with van der Waals surface area (Å²) in [6.45, 7) is 1.86. The number of hydrogen-bond acceptors (Lipinski definition) is 6. The van der Waals surface area contributed by atoms with Gasteiger partial charge < -0.3 is 10.2 Å². The lowest BCUT2D eigenvalue weighted by atomic mass is 10.2. The molecule has 4 rings (SSSR count). The first kappa shape index (κ1) is 18.7. The summed E-state index contributed by atoms with van der Waals surface area (Å²) in [5.41, 5.74) is 1.19. The molecule has 0 saturated heterocycles. The van der Waals surface area contributed by atoms with Crippen molar-refractivity contribution in [2.24, 2.45) is 7.05 Å². The molecule has 0 bridgehead atoms. The average molecular weight is 415 g/mol. The van der Waals surface area contributed by atoms with Crippen LogP contribution in [0.4, 0.5) is 11.4 Å². The van der Waals surface area contributed by atoms with Crippen LogP contribution in [0.15, 0.2) is 45.7 Å². The maximum absolute atomic E-state index is 13.1. The highest BCUT2D eigenvalue weighted by molar-refractivity contribution is 7.99. The van der Waals surface area contributed by atoms with Gasteiger partial charge in [-0.15, -0.1) is 11.3 Å². The van der Waals surface area contributed by atoms with E-state index in [1.54, 1.807) is 24.1 Å². The van der Waals surface area contributed by atoms with Crippen molar-refractivity contribution in [1.82, 2.24) is 9.55 Å². The molecule has 28 heavy (non-hydrogen) atoms. The van der Waals surface area contributed by atoms with E-state index in [1.807, 2.05) is 30.5 Å². The Hall–Kier alpha value is -2.65. The summed E-state index contributed by atoms with van der Waals surface area (Å²) in [6.07, 6.45) is 0.225. The van der Waals surface area contributed by atoms with Gasteiger partial charge in [-0.25, -0.2) is 4.98 Å². The number of thiophene rings is 1. The molecular weight excluding hydrogens is 396 g/mol. The second-order valence-corrected chi connectivity index (χ2v) is 8.41. The molecule has 144 valence electrons. The Kier molecular flexibility index (Phi) is 4.94. The second kappa shape index (κ2) is 7.40. The minimum atomic E-state index is -0.270. The molecular formula is C19H18N4O3S2. The van der Waals surface area contributed by atoms with Gasteiger partial charge in [0.15, 0.2) is 5.16 Å². The Morgan fingerprint density at radius 1 is 1.32 bits per heavy atom. The fraction of sp³-hybridized carbons (Fsp3) is 0.263. The number of benzene rings is 1. The van der Waals surface area contributed by atoms with Crippen LogP contribution in [0.2, 0.25) is 0 Å². The maximum Gasteiger partial charge on any atom is 0.262 e. The van der Waals surface area contributed by atoms with E-state index >= 15 is 0 Å². The number of aromatic nitrogens is 2. The second-order valence-electron chi connectivity index (χ2n) is 6.57. The minimum Gasteiger partial charge on any atom is -0.324 e. The summed E-state index contributed by atoms with van der Waals surface area (Å²) in [5, 5.41) is 5.77. The molecule has 0 saturated carbocycles. The van der Waals surface area contributed by atoms with Crippen LogP contribution in [0, 0.1) is 0 Å². The van der Waals surface area contributed by atoms with E-state index in [4.69, 9.17) is 0 Å². The zero-order valence-corrected chi connectivity index (χ0v) is 17.0. The number of nitrogens with zero attached hydrogens (tertiary/aromatic N) is 3. The SMILES string of the molecule is CC1CC(=O)Nc2ccccc2N1C(=O)CSc1nc2sccc2c(=O)n1C. The molecule has 3 heterocycles. The summed E-state index contributed by atoms with van der Waals surface area (Å²) in [6, 6.07) is 8.76. The zero-order valence-electron chi connectivity index (χ0n) is 15.3. The van der Waals surface area contributed by atoms with Gasteiger partial charge in [0.2, 0.25) is 11.8 Å². The van der Waals surface area contributed by atoms with E-state index < -0.39 is 0 Å². The highest BCUT2D eigenvalue weighted by Gasteiger charge is 2.29. The lowest BCUT2D eigenvalue weighted by Crippen LogP contribution is -2.40. The molecule has 2 amide bonds. The van der Waals surface area contributed by atoms with Gasteiger partial charge in [-0.3, -0.25) is 19.0 Å². The standard InChI is InChI=1S/C19H18N4O3S2/c1-11-9-15(24)20-13-5-3-4-6-14(13)23(11)16(25)10-28-19-21-17-12(7-8-27-17)18(26)22(19)2/h3-8,11H,9-10H2,1-2H3,(H,20,24). The fourth-order valence-corrected chi connectivity index (χ4v) is 4.91. The molecule has 1 unspecified atom stereocenters. The summed E-state index contributed by atoms with van der Waals surface area (Å²) in [5.74, 6) is -0.138. The van der Waals surface area contributed by atoms with E-state index in [2.05, 4.69) is 10.3 Å². The number of hydrogen-bond donors (Lipinski definition) is 1. The molecule has 0 fully saturated rings. The number of amides is 2. The first-order chi connectivity index (χ1) is 13.5. The van der Waals surface area contributed by atoms with Crippen LogP contribution < -0.4 is 15.8 Å². The Balaban J connectivity index is 1.61. The lowest BCUT2D eigenvalue weighted by Gasteiger charge is -2.27. The molecule has 1 aliphatic heterocycles. The highest BCUT2D eigenvalue weighted by Crippen LogP contribution is 2.32. The van der Waals surface area contributed by atoms with Crippen LogP contribution in [-0.4, -0.2) is 33.2 Å². The van der Waals surface area contributed by atoms with Crippen molar-refractivity contribution in [2.45, 2.75) is 24.5 Å². The predicted octanol–water partition coefficient (Wildman–Crippen LogP) is 2.85. The summed E-state index contributed by atoms with van der Waals surface area (Å²) in [7, 11) is 1.66. The molecule has 7 nitrogen and oxygen atoms in total. The lowest BCUT2D eigenvalue weighted by molar-refractivity contribution is -0.117. The number of thioether (sulfide) groups is 1. The van der Waals surface area contributed by atoms with Crippen molar-refractivity contribution >= 4 is 56.5 Å². The molecule has 1 N–H and O–H groups in total. The normalized spacial score (nSPS) is 16.6. The Bertz CT molecular complexity index is 1140. The van der Waals surface area contributed by atoms with Gasteiger partial charge in [0.1, 0.15) is 4.83 Å². The van der Waals surface area contributed by atoms with E-state index in [-0.39, 0.29) is 35.6 Å². The molecule has 3 aromatic rings. The maximum atomic E-state index is 13.1. The van der Waals surface area contributed by atoms with Gasteiger partial charge in [0, 0.05) is 19.5 Å². The number of rotatable bonds is 3. The molecule has 1 aromatic carbocycles. The van der Waals surface area contributed by atoms with Gasteiger partial charge >= 0.3 is 0 Å². The number of anilines is 2. The van der Waals surface area contributed by atoms with Crippen LogP contribution in [0.1, 0.15) is 13.3 Å². The molecule has 2 aromatic heterocycles. The van der Waals surface area contributed by atoms with Crippen LogP contribution in [-0.2, 0) is 16.6 Å². The van der Waals surface area contributed by atoms with Crippen molar-refractivity contribution in [1.29, 1.82) is 0 Å². The summed E-state index contributed by atoms with van der Waals surface area (Å²) < 4.78 is 1.47. The molecule has 0 aliphatic carbocycles. The van der Waals surface area contributed by atoms with Crippen molar-refractivity contribution in [2.75, 3.05) is 16.0 Å². The first-order valence-electron chi connectivity index (χ1n) is 8.73. The number of nitrogens with one attached hydrogen (secondary N) is 1. The van der Waals surface area contributed by atoms with Crippen LogP contribution in [0.3, 0.4) is 0 Å². The smallest absolute Gasteiger partial charge is 0.262 e. The number of fused-ring (bicyclic) bond motifs is 2.